The van der Waals surface area contributed by atoms with Gasteiger partial charge in [0.15, 0.2) is 0 Å². The molecule has 0 fully saturated rings. The Bertz CT molecular complexity index is 361. The molecule has 0 saturated carbocycles. The van der Waals surface area contributed by atoms with E-state index >= 15 is 0 Å². The summed E-state index contributed by atoms with van der Waals surface area (Å²) in [6.07, 6.45) is -0.475. The van der Waals surface area contributed by atoms with Crippen LogP contribution in [0.15, 0.2) is 30.4 Å². The fraction of sp³-hybridized carbons (Fsp3) is 0.333. The first-order valence-corrected chi connectivity index (χ1v) is 4.70. The van der Waals surface area contributed by atoms with Gasteiger partial charge in [0.1, 0.15) is 11.6 Å². The monoisotopic (exact) mass is 210 g/mol. The Morgan fingerprint density at radius 3 is 2.73 bits per heavy atom. The third-order valence-electron chi connectivity index (χ3n) is 2.11. The number of hydrogen-bond acceptors (Lipinski definition) is 2. The van der Waals surface area contributed by atoms with Crippen molar-refractivity contribution in [3.8, 4) is 5.75 Å². The Hall–Kier alpha value is -1.35. The molecule has 15 heavy (non-hydrogen) atoms. The first-order chi connectivity index (χ1) is 7.04. The quantitative estimate of drug-likeness (QED) is 0.774. The van der Waals surface area contributed by atoms with Gasteiger partial charge in [0, 0.05) is 11.6 Å². The number of aliphatic hydroxyl groups is 1. The van der Waals surface area contributed by atoms with E-state index in [1.165, 1.54) is 19.2 Å². The summed E-state index contributed by atoms with van der Waals surface area (Å²) in [5.74, 6) is -0.0122. The summed E-state index contributed by atoms with van der Waals surface area (Å²) < 4.78 is 18.3. The number of rotatable bonds is 4. The summed E-state index contributed by atoms with van der Waals surface area (Å²) in [6.45, 7) is 5.47. The molecule has 1 aromatic carbocycles. The molecular weight excluding hydrogens is 195 g/mol. The molecule has 0 aliphatic heterocycles. The van der Waals surface area contributed by atoms with Gasteiger partial charge < -0.3 is 9.84 Å². The van der Waals surface area contributed by atoms with E-state index in [-0.39, 0.29) is 5.56 Å². The molecule has 0 radical (unpaired) electrons. The number of halogens is 1. The highest BCUT2D eigenvalue weighted by atomic mass is 19.1. The molecule has 1 unspecified atom stereocenters. The van der Waals surface area contributed by atoms with Crippen molar-refractivity contribution in [3.63, 3.8) is 0 Å². The van der Waals surface area contributed by atoms with Crippen molar-refractivity contribution in [2.75, 3.05) is 7.11 Å². The van der Waals surface area contributed by atoms with Crippen LogP contribution in [0.3, 0.4) is 0 Å². The summed E-state index contributed by atoms with van der Waals surface area (Å²) in [7, 11) is 1.47. The molecule has 0 bridgehead atoms. The molecular formula is C12H15FO2. The van der Waals surface area contributed by atoms with Crippen molar-refractivity contribution in [2.24, 2.45) is 0 Å². The smallest absolute Gasteiger partial charge is 0.132 e. The molecule has 0 spiro atoms. The SMILES string of the molecule is C=C(C)CC(O)c1ccc(OC)cc1F. The average Bonchev–Trinajstić information content (AvgIpc) is 2.16. The van der Waals surface area contributed by atoms with E-state index < -0.39 is 11.9 Å². The maximum Gasteiger partial charge on any atom is 0.132 e. The molecule has 0 aromatic heterocycles. The van der Waals surface area contributed by atoms with Crippen molar-refractivity contribution >= 4 is 0 Å². The van der Waals surface area contributed by atoms with Gasteiger partial charge in [0.2, 0.25) is 0 Å². The van der Waals surface area contributed by atoms with Crippen LogP contribution in [0, 0.1) is 5.82 Å². The van der Waals surface area contributed by atoms with Crippen molar-refractivity contribution in [1.82, 2.24) is 0 Å². The van der Waals surface area contributed by atoms with Gasteiger partial charge in [0.05, 0.1) is 13.2 Å². The van der Waals surface area contributed by atoms with Gasteiger partial charge in [-0.05, 0) is 25.5 Å². The van der Waals surface area contributed by atoms with E-state index in [1.54, 1.807) is 13.0 Å². The second-order valence-corrected chi connectivity index (χ2v) is 3.56. The molecule has 1 aromatic rings. The number of ether oxygens (including phenoxy) is 1. The first kappa shape index (κ1) is 11.7. The van der Waals surface area contributed by atoms with Crippen molar-refractivity contribution in [1.29, 1.82) is 0 Å². The molecule has 82 valence electrons. The number of aliphatic hydroxyl groups excluding tert-OH is 1. The van der Waals surface area contributed by atoms with Crippen LogP contribution in [0.5, 0.6) is 5.75 Å². The molecule has 0 heterocycles. The lowest BCUT2D eigenvalue weighted by molar-refractivity contribution is 0.173. The Morgan fingerprint density at radius 1 is 1.60 bits per heavy atom. The zero-order valence-corrected chi connectivity index (χ0v) is 8.96. The van der Waals surface area contributed by atoms with Crippen molar-refractivity contribution in [2.45, 2.75) is 19.4 Å². The summed E-state index contributed by atoms with van der Waals surface area (Å²) in [6, 6.07) is 4.42. The fourth-order valence-corrected chi connectivity index (χ4v) is 1.35. The topological polar surface area (TPSA) is 29.5 Å². The van der Waals surface area contributed by atoms with Crippen LogP contribution < -0.4 is 4.74 Å². The normalized spacial score (nSPS) is 12.3. The molecule has 1 rings (SSSR count). The fourth-order valence-electron chi connectivity index (χ4n) is 1.35. The van der Waals surface area contributed by atoms with E-state index in [0.717, 1.165) is 5.57 Å². The molecule has 2 nitrogen and oxygen atoms in total. The molecule has 1 N–H and O–H groups in total. The molecule has 3 heteroatoms. The summed E-state index contributed by atoms with van der Waals surface area (Å²) in [5.41, 5.74) is 1.09. The van der Waals surface area contributed by atoms with Gasteiger partial charge in [-0.2, -0.15) is 0 Å². The highest BCUT2D eigenvalue weighted by Gasteiger charge is 2.13. The first-order valence-electron chi connectivity index (χ1n) is 4.70. The maximum absolute atomic E-state index is 13.5. The van der Waals surface area contributed by atoms with E-state index in [9.17, 15) is 9.50 Å². The van der Waals surface area contributed by atoms with E-state index in [0.29, 0.717) is 12.2 Å². The van der Waals surface area contributed by atoms with Gasteiger partial charge in [-0.1, -0.05) is 5.57 Å². The van der Waals surface area contributed by atoms with Crippen LogP contribution in [-0.4, -0.2) is 12.2 Å². The summed E-state index contributed by atoms with van der Waals surface area (Å²) in [4.78, 5) is 0. The second kappa shape index (κ2) is 4.94. The van der Waals surface area contributed by atoms with Crippen LogP contribution in [0.1, 0.15) is 25.0 Å². The largest absolute Gasteiger partial charge is 0.497 e. The highest BCUT2D eigenvalue weighted by Crippen LogP contribution is 2.25. The molecule has 0 amide bonds. The lowest BCUT2D eigenvalue weighted by Crippen LogP contribution is -2.01. The summed E-state index contributed by atoms with van der Waals surface area (Å²) in [5, 5.41) is 9.69. The van der Waals surface area contributed by atoms with Crippen molar-refractivity contribution < 1.29 is 14.2 Å². The third kappa shape index (κ3) is 3.06. The third-order valence-corrected chi connectivity index (χ3v) is 2.11. The Morgan fingerprint density at radius 2 is 2.27 bits per heavy atom. The molecule has 0 aliphatic rings. The lowest BCUT2D eigenvalue weighted by Gasteiger charge is -2.12. The molecule has 1 atom stereocenters. The Balaban J connectivity index is 2.90. The maximum atomic E-state index is 13.5. The van der Waals surface area contributed by atoms with E-state index in [1.807, 2.05) is 0 Å². The highest BCUT2D eigenvalue weighted by molar-refractivity contribution is 5.30. The van der Waals surface area contributed by atoms with E-state index in [2.05, 4.69) is 6.58 Å². The number of benzene rings is 1. The predicted octanol–water partition coefficient (Wildman–Crippen LogP) is 2.83. The molecule has 0 saturated heterocycles. The Kier molecular flexibility index (Phi) is 3.86. The second-order valence-electron chi connectivity index (χ2n) is 3.56. The van der Waals surface area contributed by atoms with Crippen LogP contribution in [-0.2, 0) is 0 Å². The van der Waals surface area contributed by atoms with Gasteiger partial charge in [-0.3, -0.25) is 0 Å². The van der Waals surface area contributed by atoms with Gasteiger partial charge in [-0.15, -0.1) is 6.58 Å². The number of hydrogen-bond donors (Lipinski definition) is 1. The van der Waals surface area contributed by atoms with Gasteiger partial charge >= 0.3 is 0 Å². The van der Waals surface area contributed by atoms with Gasteiger partial charge in [-0.25, -0.2) is 4.39 Å². The van der Waals surface area contributed by atoms with Crippen LogP contribution in [0.25, 0.3) is 0 Å². The lowest BCUT2D eigenvalue weighted by atomic mass is 10.0. The zero-order chi connectivity index (χ0) is 11.4. The zero-order valence-electron chi connectivity index (χ0n) is 8.96. The minimum Gasteiger partial charge on any atom is -0.497 e. The van der Waals surface area contributed by atoms with Crippen molar-refractivity contribution in [3.05, 3.63) is 41.7 Å². The van der Waals surface area contributed by atoms with E-state index in [4.69, 9.17) is 4.74 Å². The minimum atomic E-state index is -0.839. The van der Waals surface area contributed by atoms with Gasteiger partial charge in [0.25, 0.3) is 0 Å². The van der Waals surface area contributed by atoms with Crippen LogP contribution in [0.2, 0.25) is 0 Å². The molecule has 0 aliphatic carbocycles. The standard InChI is InChI=1S/C12H15FO2/c1-8(2)6-12(14)10-5-4-9(15-3)7-11(10)13/h4-5,7,12,14H,1,6H2,2-3H3. The average molecular weight is 210 g/mol. The minimum absolute atomic E-state index is 0.277. The summed E-state index contributed by atoms with van der Waals surface area (Å²) >= 11 is 0. The van der Waals surface area contributed by atoms with Crippen LogP contribution in [0.4, 0.5) is 4.39 Å². The van der Waals surface area contributed by atoms with Crippen LogP contribution >= 0.6 is 0 Å². The number of methoxy groups -OCH3 is 1. The predicted molar refractivity (Wildman–Crippen MR) is 57.3 cm³/mol. The Labute approximate surface area is 89.0 Å².